The van der Waals surface area contributed by atoms with Gasteiger partial charge in [0, 0.05) is 12.1 Å². The Labute approximate surface area is 114 Å². The topological polar surface area (TPSA) is 12.0 Å². The first-order valence-electron chi connectivity index (χ1n) is 7.37. The highest BCUT2D eigenvalue weighted by Crippen LogP contribution is 2.27. The summed E-state index contributed by atoms with van der Waals surface area (Å²) in [7, 11) is 0. The molecule has 0 heterocycles. The van der Waals surface area contributed by atoms with Crippen molar-refractivity contribution in [3.05, 3.63) is 35.4 Å². The quantitative estimate of drug-likeness (QED) is 0.811. The molecule has 0 amide bonds. The first kappa shape index (κ1) is 14.4. The predicted octanol–water partition coefficient (Wildman–Crippen LogP) is 4.07. The van der Waals surface area contributed by atoms with Crippen molar-refractivity contribution in [1.82, 2.24) is 5.32 Å². The zero-order valence-corrected chi connectivity index (χ0v) is 11.6. The van der Waals surface area contributed by atoms with Gasteiger partial charge in [0.05, 0.1) is 0 Å². The van der Waals surface area contributed by atoms with Crippen molar-refractivity contribution >= 4 is 0 Å². The van der Waals surface area contributed by atoms with Crippen molar-refractivity contribution in [2.45, 2.75) is 51.5 Å². The van der Waals surface area contributed by atoms with Crippen LogP contribution in [0.4, 0.5) is 8.78 Å². The fourth-order valence-electron chi connectivity index (χ4n) is 3.19. The molecular weight excluding hydrogens is 244 g/mol. The molecule has 2 atom stereocenters. The van der Waals surface area contributed by atoms with Crippen LogP contribution < -0.4 is 5.32 Å². The van der Waals surface area contributed by atoms with E-state index in [-0.39, 0.29) is 0 Å². The largest absolute Gasteiger partial charge is 0.314 e. The average Bonchev–Trinajstić information content (AvgIpc) is 2.55. The van der Waals surface area contributed by atoms with Gasteiger partial charge in [-0.05, 0) is 49.4 Å². The van der Waals surface area contributed by atoms with Gasteiger partial charge >= 0.3 is 0 Å². The predicted molar refractivity (Wildman–Crippen MR) is 74.1 cm³/mol. The standard InChI is InChI=1S/C16H23F2N/c1-2-19-16-7-5-3-4-6-13(16)8-12-9-14(17)11-15(18)10-12/h9-11,13,16,19H,2-8H2,1H3. The molecule has 1 aromatic carbocycles. The lowest BCUT2D eigenvalue weighted by Crippen LogP contribution is -2.36. The van der Waals surface area contributed by atoms with Gasteiger partial charge in [-0.2, -0.15) is 0 Å². The molecule has 19 heavy (non-hydrogen) atoms. The van der Waals surface area contributed by atoms with Gasteiger partial charge < -0.3 is 5.32 Å². The maximum Gasteiger partial charge on any atom is 0.126 e. The van der Waals surface area contributed by atoms with E-state index in [0.29, 0.717) is 12.0 Å². The first-order valence-corrected chi connectivity index (χ1v) is 7.37. The summed E-state index contributed by atoms with van der Waals surface area (Å²) in [6.45, 7) is 3.07. The summed E-state index contributed by atoms with van der Waals surface area (Å²) in [5, 5.41) is 3.54. The second-order valence-electron chi connectivity index (χ2n) is 5.54. The second kappa shape index (κ2) is 6.99. The lowest BCUT2D eigenvalue weighted by Gasteiger charge is -2.26. The highest BCUT2D eigenvalue weighted by Gasteiger charge is 2.23. The zero-order valence-electron chi connectivity index (χ0n) is 11.6. The molecule has 1 fully saturated rings. The highest BCUT2D eigenvalue weighted by molar-refractivity contribution is 5.18. The minimum atomic E-state index is -0.469. The number of hydrogen-bond acceptors (Lipinski definition) is 1. The number of benzene rings is 1. The molecule has 0 bridgehead atoms. The van der Waals surface area contributed by atoms with Crippen molar-refractivity contribution in [2.24, 2.45) is 5.92 Å². The minimum Gasteiger partial charge on any atom is -0.314 e. The SMILES string of the molecule is CCNC1CCCCCC1Cc1cc(F)cc(F)c1. The smallest absolute Gasteiger partial charge is 0.126 e. The third-order valence-electron chi connectivity index (χ3n) is 4.05. The van der Waals surface area contributed by atoms with Gasteiger partial charge in [0.25, 0.3) is 0 Å². The molecule has 106 valence electrons. The molecule has 2 unspecified atom stereocenters. The lowest BCUT2D eigenvalue weighted by atomic mass is 9.88. The monoisotopic (exact) mass is 267 g/mol. The van der Waals surface area contributed by atoms with E-state index in [1.165, 1.54) is 37.8 Å². The van der Waals surface area contributed by atoms with Crippen molar-refractivity contribution in [1.29, 1.82) is 0 Å². The van der Waals surface area contributed by atoms with Crippen LogP contribution in [0.25, 0.3) is 0 Å². The van der Waals surface area contributed by atoms with E-state index in [9.17, 15) is 8.78 Å². The van der Waals surface area contributed by atoms with Crippen LogP contribution in [-0.4, -0.2) is 12.6 Å². The maximum atomic E-state index is 13.3. The third kappa shape index (κ3) is 4.27. The molecule has 0 radical (unpaired) electrons. The molecule has 3 heteroatoms. The third-order valence-corrected chi connectivity index (χ3v) is 4.05. The number of halogens is 2. The van der Waals surface area contributed by atoms with Gasteiger partial charge in [0.15, 0.2) is 0 Å². The van der Waals surface area contributed by atoms with Crippen LogP contribution in [-0.2, 0) is 6.42 Å². The Morgan fingerprint density at radius 3 is 2.42 bits per heavy atom. The van der Waals surface area contributed by atoms with Gasteiger partial charge in [-0.1, -0.05) is 26.2 Å². The summed E-state index contributed by atoms with van der Waals surface area (Å²) in [4.78, 5) is 0. The fourth-order valence-corrected chi connectivity index (χ4v) is 3.19. The summed E-state index contributed by atoms with van der Waals surface area (Å²) in [5.41, 5.74) is 0.785. The minimum absolute atomic E-state index is 0.469. The van der Waals surface area contributed by atoms with Crippen molar-refractivity contribution in [3.63, 3.8) is 0 Å². The van der Waals surface area contributed by atoms with E-state index in [2.05, 4.69) is 12.2 Å². The Hall–Kier alpha value is -0.960. The van der Waals surface area contributed by atoms with E-state index in [1.807, 2.05) is 0 Å². The fraction of sp³-hybridized carbons (Fsp3) is 0.625. The Bertz CT molecular complexity index is 385. The Morgan fingerprint density at radius 2 is 1.74 bits per heavy atom. The Morgan fingerprint density at radius 1 is 1.05 bits per heavy atom. The molecule has 1 saturated carbocycles. The van der Waals surface area contributed by atoms with E-state index >= 15 is 0 Å². The molecule has 0 aliphatic heterocycles. The second-order valence-corrected chi connectivity index (χ2v) is 5.54. The summed E-state index contributed by atoms with van der Waals surface area (Å²) in [6.07, 6.45) is 6.85. The van der Waals surface area contributed by atoms with Crippen LogP contribution in [0, 0.1) is 17.6 Å². The molecule has 1 N–H and O–H groups in total. The van der Waals surface area contributed by atoms with Crippen LogP contribution in [0.5, 0.6) is 0 Å². The summed E-state index contributed by atoms with van der Waals surface area (Å²) >= 11 is 0. The van der Waals surface area contributed by atoms with Crippen LogP contribution in [0.3, 0.4) is 0 Å². The van der Waals surface area contributed by atoms with Crippen molar-refractivity contribution < 1.29 is 8.78 Å². The van der Waals surface area contributed by atoms with Gasteiger partial charge in [-0.25, -0.2) is 8.78 Å². The van der Waals surface area contributed by atoms with Crippen molar-refractivity contribution in [3.8, 4) is 0 Å². The van der Waals surface area contributed by atoms with Gasteiger partial charge in [0.1, 0.15) is 11.6 Å². The van der Waals surface area contributed by atoms with Crippen LogP contribution in [0.15, 0.2) is 18.2 Å². The van der Waals surface area contributed by atoms with E-state index in [0.717, 1.165) is 31.0 Å². The van der Waals surface area contributed by atoms with Gasteiger partial charge in [-0.15, -0.1) is 0 Å². The lowest BCUT2D eigenvalue weighted by molar-refractivity contribution is 0.337. The maximum absolute atomic E-state index is 13.3. The molecule has 2 rings (SSSR count). The van der Waals surface area contributed by atoms with Crippen LogP contribution in [0.1, 0.15) is 44.6 Å². The van der Waals surface area contributed by atoms with Crippen LogP contribution in [0.2, 0.25) is 0 Å². The molecule has 1 aliphatic rings. The average molecular weight is 267 g/mol. The van der Waals surface area contributed by atoms with E-state index in [1.54, 1.807) is 0 Å². The van der Waals surface area contributed by atoms with E-state index < -0.39 is 11.6 Å². The van der Waals surface area contributed by atoms with Gasteiger partial charge in [0.2, 0.25) is 0 Å². The molecule has 0 aromatic heterocycles. The molecular formula is C16H23F2N. The Balaban J connectivity index is 2.08. The molecule has 1 aliphatic carbocycles. The molecule has 0 spiro atoms. The highest BCUT2D eigenvalue weighted by atomic mass is 19.1. The zero-order chi connectivity index (χ0) is 13.7. The Kier molecular flexibility index (Phi) is 5.32. The summed E-state index contributed by atoms with van der Waals surface area (Å²) in [6, 6.07) is 4.37. The number of rotatable bonds is 4. The van der Waals surface area contributed by atoms with Crippen LogP contribution >= 0.6 is 0 Å². The first-order chi connectivity index (χ1) is 9.19. The molecule has 1 aromatic rings. The number of nitrogens with one attached hydrogen (secondary N) is 1. The van der Waals surface area contributed by atoms with Gasteiger partial charge in [-0.3, -0.25) is 0 Å². The van der Waals surface area contributed by atoms with E-state index in [4.69, 9.17) is 0 Å². The normalized spacial score (nSPS) is 24.2. The van der Waals surface area contributed by atoms with Crippen molar-refractivity contribution in [2.75, 3.05) is 6.54 Å². The molecule has 0 saturated heterocycles. The summed E-state index contributed by atoms with van der Waals surface area (Å²) < 4.78 is 26.5. The molecule has 1 nitrogen and oxygen atoms in total. The summed E-state index contributed by atoms with van der Waals surface area (Å²) in [5.74, 6) is -0.448. The number of hydrogen-bond donors (Lipinski definition) is 1.